The van der Waals surface area contributed by atoms with Crippen LogP contribution in [0.15, 0.2) is 29.1 Å². The summed E-state index contributed by atoms with van der Waals surface area (Å²) in [7, 11) is 3.78. The van der Waals surface area contributed by atoms with Crippen LogP contribution in [0.25, 0.3) is 0 Å². The molecule has 0 amide bonds. The van der Waals surface area contributed by atoms with E-state index in [2.05, 4.69) is 20.9 Å². The zero-order valence-electron chi connectivity index (χ0n) is 16.1. The minimum atomic E-state index is -0.0101. The zero-order valence-corrected chi connectivity index (χ0v) is 16.1. The van der Waals surface area contributed by atoms with Gasteiger partial charge in [-0.3, -0.25) is 14.7 Å². The summed E-state index contributed by atoms with van der Waals surface area (Å²) >= 11 is 0. The van der Waals surface area contributed by atoms with Crippen LogP contribution < -0.4 is 15.2 Å². The first-order valence-corrected chi connectivity index (χ1v) is 9.20. The maximum atomic E-state index is 12.4. The van der Waals surface area contributed by atoms with Crippen LogP contribution in [0.1, 0.15) is 30.7 Å². The number of rotatable bonds is 5. The second kappa shape index (κ2) is 7.91. The highest BCUT2D eigenvalue weighted by Gasteiger charge is 2.20. The molecule has 6 nitrogen and oxygen atoms in total. The van der Waals surface area contributed by atoms with E-state index >= 15 is 0 Å². The predicted molar refractivity (Wildman–Crippen MR) is 104 cm³/mol. The van der Waals surface area contributed by atoms with Gasteiger partial charge in [0.25, 0.3) is 5.56 Å². The van der Waals surface area contributed by atoms with E-state index in [1.165, 1.54) is 5.56 Å². The number of para-hydroxylation sites is 1. The lowest BCUT2D eigenvalue weighted by atomic mass is 10.1. The summed E-state index contributed by atoms with van der Waals surface area (Å²) in [6.45, 7) is 6.62. The molecule has 0 bridgehead atoms. The summed E-state index contributed by atoms with van der Waals surface area (Å²) in [5.74, 6) is 1.56. The number of anilines is 1. The van der Waals surface area contributed by atoms with Crippen molar-refractivity contribution in [2.24, 2.45) is 0 Å². The van der Waals surface area contributed by atoms with Gasteiger partial charge in [0.1, 0.15) is 5.75 Å². The molecule has 0 saturated heterocycles. The Morgan fingerprint density at radius 1 is 1.23 bits per heavy atom. The van der Waals surface area contributed by atoms with Gasteiger partial charge in [0.2, 0.25) is 5.95 Å². The van der Waals surface area contributed by atoms with Gasteiger partial charge in [-0.2, -0.15) is 0 Å². The smallest absolute Gasteiger partial charge is 0.255 e. The van der Waals surface area contributed by atoms with Crippen LogP contribution in [0.5, 0.6) is 5.75 Å². The highest BCUT2D eigenvalue weighted by Crippen LogP contribution is 2.22. The largest absolute Gasteiger partial charge is 0.491 e. The molecule has 3 rings (SSSR count). The monoisotopic (exact) mass is 356 g/mol. The van der Waals surface area contributed by atoms with E-state index < -0.39 is 0 Å². The molecule has 1 aromatic carbocycles. The maximum Gasteiger partial charge on any atom is 0.255 e. The maximum absolute atomic E-state index is 12.4. The van der Waals surface area contributed by atoms with Gasteiger partial charge in [-0.05, 0) is 26.3 Å². The molecule has 140 valence electrons. The first-order chi connectivity index (χ1) is 12.4. The number of fused-ring (bicyclic) bond motifs is 1. The molecule has 0 radical (unpaired) electrons. The SMILES string of the molecule is CC(C)Oc1ccccc1CN1CCc2nc(N(C)C)[nH]c(=O)c2CC1. The van der Waals surface area contributed by atoms with Crippen molar-refractivity contribution in [3.05, 3.63) is 51.4 Å². The van der Waals surface area contributed by atoms with Crippen molar-refractivity contribution in [3.8, 4) is 5.75 Å². The fourth-order valence-electron chi connectivity index (χ4n) is 3.26. The van der Waals surface area contributed by atoms with Crippen molar-refractivity contribution in [2.45, 2.75) is 39.3 Å². The predicted octanol–water partition coefficient (Wildman–Crippen LogP) is 2.22. The lowest BCUT2D eigenvalue weighted by Crippen LogP contribution is -2.27. The number of aromatic nitrogens is 2. The van der Waals surface area contributed by atoms with Crippen LogP contribution in [0, 0.1) is 0 Å². The van der Waals surface area contributed by atoms with Gasteiger partial charge < -0.3 is 9.64 Å². The number of benzene rings is 1. The van der Waals surface area contributed by atoms with E-state index in [0.717, 1.165) is 49.5 Å². The summed E-state index contributed by atoms with van der Waals surface area (Å²) in [4.78, 5) is 24.2. The third kappa shape index (κ3) is 4.25. The Kier molecular flexibility index (Phi) is 5.61. The molecule has 26 heavy (non-hydrogen) atoms. The third-order valence-corrected chi connectivity index (χ3v) is 4.58. The Morgan fingerprint density at radius 2 is 1.96 bits per heavy atom. The molecule has 0 aliphatic carbocycles. The van der Waals surface area contributed by atoms with Gasteiger partial charge >= 0.3 is 0 Å². The van der Waals surface area contributed by atoms with E-state index in [0.29, 0.717) is 5.95 Å². The Hall–Kier alpha value is -2.34. The average molecular weight is 356 g/mol. The molecule has 0 spiro atoms. The second-order valence-electron chi connectivity index (χ2n) is 7.26. The standard InChI is InChI=1S/C20H28N4O2/c1-14(2)26-18-8-6-5-7-15(18)13-24-11-9-16-17(10-12-24)21-20(23(3)4)22-19(16)25/h5-8,14H,9-13H2,1-4H3,(H,21,22,25). The Balaban J connectivity index is 1.76. The number of hydrogen-bond acceptors (Lipinski definition) is 5. The number of hydrogen-bond donors (Lipinski definition) is 1. The third-order valence-electron chi connectivity index (χ3n) is 4.58. The van der Waals surface area contributed by atoms with Crippen LogP contribution in [-0.2, 0) is 19.4 Å². The Morgan fingerprint density at radius 3 is 2.69 bits per heavy atom. The van der Waals surface area contributed by atoms with Gasteiger partial charge in [-0.25, -0.2) is 4.98 Å². The van der Waals surface area contributed by atoms with Crippen LogP contribution in [0.3, 0.4) is 0 Å². The molecule has 0 saturated carbocycles. The molecule has 2 heterocycles. The molecule has 1 aromatic heterocycles. The van der Waals surface area contributed by atoms with Crippen LogP contribution in [0.4, 0.5) is 5.95 Å². The average Bonchev–Trinajstić information content (AvgIpc) is 2.79. The highest BCUT2D eigenvalue weighted by molar-refractivity contribution is 5.34. The van der Waals surface area contributed by atoms with Gasteiger partial charge in [0.15, 0.2) is 0 Å². The van der Waals surface area contributed by atoms with E-state index in [1.807, 2.05) is 51.0 Å². The summed E-state index contributed by atoms with van der Waals surface area (Å²) in [5, 5.41) is 0. The molecule has 1 N–H and O–H groups in total. The van der Waals surface area contributed by atoms with Gasteiger partial charge in [0, 0.05) is 51.3 Å². The number of ether oxygens (including phenoxy) is 1. The van der Waals surface area contributed by atoms with E-state index in [-0.39, 0.29) is 11.7 Å². The molecule has 1 aliphatic rings. The summed E-state index contributed by atoms with van der Waals surface area (Å²) < 4.78 is 5.94. The fraction of sp³-hybridized carbons (Fsp3) is 0.500. The van der Waals surface area contributed by atoms with Crippen LogP contribution in [0.2, 0.25) is 0 Å². The number of nitrogens with zero attached hydrogens (tertiary/aromatic N) is 3. The Bertz CT molecular complexity index is 814. The minimum Gasteiger partial charge on any atom is -0.491 e. The van der Waals surface area contributed by atoms with Gasteiger partial charge in [0.05, 0.1) is 11.8 Å². The highest BCUT2D eigenvalue weighted by atomic mass is 16.5. The molecule has 1 aliphatic heterocycles. The molecular formula is C20H28N4O2. The summed E-state index contributed by atoms with van der Waals surface area (Å²) in [6.07, 6.45) is 1.66. The van der Waals surface area contributed by atoms with Crippen molar-refractivity contribution in [1.82, 2.24) is 14.9 Å². The molecule has 2 aromatic rings. The lowest BCUT2D eigenvalue weighted by molar-refractivity contribution is 0.229. The van der Waals surface area contributed by atoms with Gasteiger partial charge in [-0.15, -0.1) is 0 Å². The number of H-pyrrole nitrogens is 1. The molecule has 0 unspecified atom stereocenters. The van der Waals surface area contributed by atoms with E-state index in [9.17, 15) is 4.79 Å². The first-order valence-electron chi connectivity index (χ1n) is 9.20. The summed E-state index contributed by atoms with van der Waals surface area (Å²) in [6, 6.07) is 8.19. The van der Waals surface area contributed by atoms with Crippen LogP contribution >= 0.6 is 0 Å². The topological polar surface area (TPSA) is 61.5 Å². The van der Waals surface area contributed by atoms with Crippen molar-refractivity contribution in [3.63, 3.8) is 0 Å². The fourth-order valence-corrected chi connectivity index (χ4v) is 3.26. The number of aromatic amines is 1. The summed E-state index contributed by atoms with van der Waals surface area (Å²) in [5.41, 5.74) is 2.92. The van der Waals surface area contributed by atoms with Crippen molar-refractivity contribution >= 4 is 5.95 Å². The van der Waals surface area contributed by atoms with Crippen LogP contribution in [-0.4, -0.2) is 48.2 Å². The van der Waals surface area contributed by atoms with E-state index in [1.54, 1.807) is 0 Å². The normalized spacial score (nSPS) is 14.8. The lowest BCUT2D eigenvalue weighted by Gasteiger charge is -2.22. The quantitative estimate of drug-likeness (QED) is 0.890. The van der Waals surface area contributed by atoms with Gasteiger partial charge in [-0.1, -0.05) is 18.2 Å². The molecule has 0 atom stereocenters. The van der Waals surface area contributed by atoms with Crippen molar-refractivity contribution < 1.29 is 4.74 Å². The molecule has 0 fully saturated rings. The zero-order chi connectivity index (χ0) is 18.7. The Labute approximate surface area is 154 Å². The molecular weight excluding hydrogens is 328 g/mol. The van der Waals surface area contributed by atoms with E-state index in [4.69, 9.17) is 4.74 Å². The second-order valence-corrected chi connectivity index (χ2v) is 7.26. The van der Waals surface area contributed by atoms with Crippen molar-refractivity contribution in [1.29, 1.82) is 0 Å². The first kappa shape index (κ1) is 18.5. The van der Waals surface area contributed by atoms with Crippen molar-refractivity contribution in [2.75, 3.05) is 32.1 Å². The minimum absolute atomic E-state index is 0.0101. The molecule has 6 heteroatoms. The number of nitrogens with one attached hydrogen (secondary N) is 1.